The predicted octanol–water partition coefficient (Wildman–Crippen LogP) is 3.31. The number of hydrogen-bond donors (Lipinski definition) is 0. The Balaban J connectivity index is 2.12. The molecule has 0 saturated heterocycles. The Labute approximate surface area is 105 Å². The molecule has 3 aromatic rings. The second-order valence-corrected chi connectivity index (χ2v) is 3.98. The standard InChI is InChI=1S/C15H12N2O/c1-18-13-7-8-14-12(9-13)10-16-15(17-14)11-5-3-2-4-6-11/h2-10H,1H3. The van der Waals surface area contributed by atoms with E-state index in [2.05, 4.69) is 9.97 Å². The Morgan fingerprint density at radius 3 is 2.61 bits per heavy atom. The summed E-state index contributed by atoms with van der Waals surface area (Å²) in [5.74, 6) is 1.56. The summed E-state index contributed by atoms with van der Waals surface area (Å²) in [5.41, 5.74) is 1.94. The molecule has 0 aliphatic heterocycles. The molecule has 0 aliphatic carbocycles. The van der Waals surface area contributed by atoms with Crippen LogP contribution in [-0.4, -0.2) is 17.1 Å². The van der Waals surface area contributed by atoms with E-state index in [4.69, 9.17) is 4.74 Å². The molecule has 88 valence electrons. The van der Waals surface area contributed by atoms with E-state index in [-0.39, 0.29) is 0 Å². The molecule has 0 bridgehead atoms. The topological polar surface area (TPSA) is 35.0 Å². The van der Waals surface area contributed by atoms with Crippen LogP contribution in [0.2, 0.25) is 0 Å². The Morgan fingerprint density at radius 2 is 1.83 bits per heavy atom. The van der Waals surface area contributed by atoms with Crippen molar-refractivity contribution in [2.24, 2.45) is 0 Å². The second kappa shape index (κ2) is 4.45. The molecule has 3 nitrogen and oxygen atoms in total. The van der Waals surface area contributed by atoms with Gasteiger partial charge in [0.05, 0.1) is 12.6 Å². The van der Waals surface area contributed by atoms with Crippen LogP contribution in [0.15, 0.2) is 54.7 Å². The van der Waals surface area contributed by atoms with Crippen molar-refractivity contribution in [3.05, 3.63) is 54.7 Å². The van der Waals surface area contributed by atoms with Crippen molar-refractivity contribution in [3.8, 4) is 17.1 Å². The third-order valence-electron chi connectivity index (χ3n) is 2.82. The fourth-order valence-corrected chi connectivity index (χ4v) is 1.86. The van der Waals surface area contributed by atoms with Gasteiger partial charge in [0.15, 0.2) is 5.82 Å². The lowest BCUT2D eigenvalue weighted by Gasteiger charge is -2.04. The first kappa shape index (κ1) is 10.7. The van der Waals surface area contributed by atoms with Crippen LogP contribution in [0.3, 0.4) is 0 Å². The van der Waals surface area contributed by atoms with Crippen LogP contribution in [0.5, 0.6) is 5.75 Å². The molecule has 3 heteroatoms. The van der Waals surface area contributed by atoms with Crippen LogP contribution in [0.4, 0.5) is 0 Å². The van der Waals surface area contributed by atoms with Gasteiger partial charge in [-0.15, -0.1) is 0 Å². The van der Waals surface area contributed by atoms with E-state index in [1.165, 1.54) is 0 Å². The number of rotatable bonds is 2. The molecule has 0 saturated carbocycles. The Bertz CT molecular complexity index is 680. The average Bonchev–Trinajstić information content (AvgIpc) is 2.47. The van der Waals surface area contributed by atoms with Gasteiger partial charge >= 0.3 is 0 Å². The van der Waals surface area contributed by atoms with Gasteiger partial charge in [-0.2, -0.15) is 0 Å². The van der Waals surface area contributed by atoms with Gasteiger partial charge in [-0.3, -0.25) is 0 Å². The lowest BCUT2D eigenvalue weighted by Crippen LogP contribution is -1.90. The molecule has 0 radical (unpaired) electrons. The second-order valence-electron chi connectivity index (χ2n) is 3.98. The molecule has 0 atom stereocenters. The number of nitrogens with zero attached hydrogens (tertiary/aromatic N) is 2. The predicted molar refractivity (Wildman–Crippen MR) is 71.5 cm³/mol. The summed E-state index contributed by atoms with van der Waals surface area (Å²) in [4.78, 5) is 8.94. The monoisotopic (exact) mass is 236 g/mol. The van der Waals surface area contributed by atoms with Crippen LogP contribution < -0.4 is 4.74 Å². The first-order valence-corrected chi connectivity index (χ1v) is 5.73. The highest BCUT2D eigenvalue weighted by atomic mass is 16.5. The number of fused-ring (bicyclic) bond motifs is 1. The van der Waals surface area contributed by atoms with Gasteiger partial charge in [-0.05, 0) is 18.2 Å². The quantitative estimate of drug-likeness (QED) is 0.684. The van der Waals surface area contributed by atoms with Crippen LogP contribution >= 0.6 is 0 Å². The zero-order valence-electron chi connectivity index (χ0n) is 10.00. The summed E-state index contributed by atoms with van der Waals surface area (Å²) >= 11 is 0. The minimum absolute atomic E-state index is 0.744. The highest BCUT2D eigenvalue weighted by Crippen LogP contribution is 2.21. The van der Waals surface area contributed by atoms with Crippen molar-refractivity contribution in [3.63, 3.8) is 0 Å². The van der Waals surface area contributed by atoms with Gasteiger partial charge in [-0.1, -0.05) is 30.3 Å². The van der Waals surface area contributed by atoms with Crippen molar-refractivity contribution in [2.45, 2.75) is 0 Å². The molecule has 0 N–H and O–H groups in total. The lowest BCUT2D eigenvalue weighted by molar-refractivity contribution is 0.415. The molecular weight excluding hydrogens is 224 g/mol. The fraction of sp³-hybridized carbons (Fsp3) is 0.0667. The maximum atomic E-state index is 5.18. The number of benzene rings is 2. The molecule has 18 heavy (non-hydrogen) atoms. The van der Waals surface area contributed by atoms with Crippen LogP contribution in [0.1, 0.15) is 0 Å². The molecule has 0 amide bonds. The number of methoxy groups -OCH3 is 1. The summed E-state index contributed by atoms with van der Waals surface area (Å²) in [5, 5.41) is 0.981. The van der Waals surface area contributed by atoms with Crippen molar-refractivity contribution < 1.29 is 4.74 Å². The maximum absolute atomic E-state index is 5.18. The van der Waals surface area contributed by atoms with Gasteiger partial charge in [0.1, 0.15) is 5.75 Å². The number of aromatic nitrogens is 2. The first-order valence-electron chi connectivity index (χ1n) is 5.73. The molecule has 2 aromatic carbocycles. The minimum atomic E-state index is 0.744. The Kier molecular flexibility index (Phi) is 2.65. The molecular formula is C15H12N2O. The zero-order chi connectivity index (χ0) is 12.4. The fourth-order valence-electron chi connectivity index (χ4n) is 1.86. The molecule has 3 rings (SSSR count). The van der Waals surface area contributed by atoms with E-state index in [0.29, 0.717) is 0 Å². The zero-order valence-corrected chi connectivity index (χ0v) is 10.00. The third kappa shape index (κ3) is 1.91. The van der Waals surface area contributed by atoms with Crippen LogP contribution in [0, 0.1) is 0 Å². The average molecular weight is 236 g/mol. The van der Waals surface area contributed by atoms with Gasteiger partial charge in [-0.25, -0.2) is 9.97 Å². The van der Waals surface area contributed by atoms with E-state index in [1.54, 1.807) is 7.11 Å². The van der Waals surface area contributed by atoms with Crippen molar-refractivity contribution >= 4 is 10.9 Å². The van der Waals surface area contributed by atoms with Gasteiger partial charge < -0.3 is 4.74 Å². The highest BCUT2D eigenvalue weighted by molar-refractivity contribution is 5.81. The van der Waals surface area contributed by atoms with Crippen molar-refractivity contribution in [1.82, 2.24) is 9.97 Å². The number of hydrogen-bond acceptors (Lipinski definition) is 3. The van der Waals surface area contributed by atoms with Crippen LogP contribution in [-0.2, 0) is 0 Å². The maximum Gasteiger partial charge on any atom is 0.159 e. The van der Waals surface area contributed by atoms with Crippen molar-refractivity contribution in [1.29, 1.82) is 0 Å². The van der Waals surface area contributed by atoms with Gasteiger partial charge in [0.2, 0.25) is 0 Å². The third-order valence-corrected chi connectivity index (χ3v) is 2.82. The first-order chi connectivity index (χ1) is 8.86. The Morgan fingerprint density at radius 1 is 1.00 bits per heavy atom. The van der Waals surface area contributed by atoms with E-state index in [0.717, 1.165) is 28.0 Å². The summed E-state index contributed by atoms with van der Waals surface area (Å²) in [6.07, 6.45) is 1.83. The largest absolute Gasteiger partial charge is 0.497 e. The molecule has 1 aromatic heterocycles. The SMILES string of the molecule is COc1ccc2nc(-c3ccccc3)ncc2c1. The molecule has 1 heterocycles. The van der Waals surface area contributed by atoms with E-state index < -0.39 is 0 Å². The summed E-state index contributed by atoms with van der Waals surface area (Å²) in [6, 6.07) is 15.7. The Hall–Kier alpha value is -2.42. The minimum Gasteiger partial charge on any atom is -0.497 e. The summed E-state index contributed by atoms with van der Waals surface area (Å²) in [7, 11) is 1.65. The van der Waals surface area contributed by atoms with Crippen LogP contribution in [0.25, 0.3) is 22.3 Å². The molecule has 0 spiro atoms. The van der Waals surface area contributed by atoms with E-state index in [1.807, 2.05) is 54.7 Å². The molecule has 0 unspecified atom stereocenters. The van der Waals surface area contributed by atoms with E-state index >= 15 is 0 Å². The van der Waals surface area contributed by atoms with Gasteiger partial charge in [0, 0.05) is 17.1 Å². The highest BCUT2D eigenvalue weighted by Gasteiger charge is 2.03. The van der Waals surface area contributed by atoms with E-state index in [9.17, 15) is 0 Å². The molecule has 0 aliphatic rings. The van der Waals surface area contributed by atoms with Gasteiger partial charge in [0.25, 0.3) is 0 Å². The normalized spacial score (nSPS) is 10.5. The smallest absolute Gasteiger partial charge is 0.159 e. The lowest BCUT2D eigenvalue weighted by atomic mass is 10.2. The van der Waals surface area contributed by atoms with Crippen molar-refractivity contribution in [2.75, 3.05) is 7.11 Å². The molecule has 0 fully saturated rings. The number of ether oxygens (including phenoxy) is 1. The summed E-state index contributed by atoms with van der Waals surface area (Å²) < 4.78 is 5.18. The summed E-state index contributed by atoms with van der Waals surface area (Å²) in [6.45, 7) is 0.